The van der Waals surface area contributed by atoms with E-state index in [0.29, 0.717) is 0 Å². The van der Waals surface area contributed by atoms with Gasteiger partial charge in [0.2, 0.25) is 0 Å². The highest BCUT2D eigenvalue weighted by molar-refractivity contribution is 14.1. The largest absolute Gasteiger partial charge is 0.505 e. The van der Waals surface area contributed by atoms with Crippen LogP contribution in [0.4, 0.5) is 0 Å². The van der Waals surface area contributed by atoms with Gasteiger partial charge in [0, 0.05) is 3.92 Å². The highest BCUT2D eigenvalue weighted by atomic mass is 127. The molecule has 6 heteroatoms. The van der Waals surface area contributed by atoms with E-state index < -0.39 is 5.95 Å². The van der Waals surface area contributed by atoms with Gasteiger partial charge in [0.15, 0.2) is 5.76 Å². The Hall–Kier alpha value is 1.33. The van der Waals surface area contributed by atoms with Crippen molar-refractivity contribution in [2.24, 2.45) is 0 Å². The maximum Gasteiger partial charge on any atom is 0.314 e. The first-order valence-electron chi connectivity index (χ1n) is 3.65. The van der Waals surface area contributed by atoms with Gasteiger partial charge in [-0.15, -0.1) is 0 Å². The molecule has 0 radical (unpaired) electrons. The lowest BCUT2D eigenvalue weighted by Gasteiger charge is -2.15. The average Bonchev–Trinajstić information content (AvgIpc) is 2.11. The third-order valence-electron chi connectivity index (χ3n) is 1.42. The van der Waals surface area contributed by atoms with Gasteiger partial charge in [0.1, 0.15) is 0 Å². The third kappa shape index (κ3) is 5.70. The highest BCUT2D eigenvalue weighted by Crippen LogP contribution is 2.26. The minimum Gasteiger partial charge on any atom is -0.505 e. The smallest absolute Gasteiger partial charge is 0.314 e. The lowest BCUT2D eigenvalue weighted by atomic mass is 10.2. The van der Waals surface area contributed by atoms with Gasteiger partial charge in [-0.25, -0.2) is 0 Å². The fraction of sp³-hybridized carbons (Fsp3) is 0.714. The molecule has 3 nitrogen and oxygen atoms in total. The van der Waals surface area contributed by atoms with Gasteiger partial charge in [-0.2, -0.15) is 0 Å². The SMILES string of the molecule is OC(O)=C(O)C(I)C(I)CCCI. The van der Waals surface area contributed by atoms with Crippen LogP contribution in [0.2, 0.25) is 0 Å². The van der Waals surface area contributed by atoms with Crippen molar-refractivity contribution in [3.63, 3.8) is 0 Å². The van der Waals surface area contributed by atoms with Gasteiger partial charge >= 0.3 is 5.95 Å². The third-order valence-corrected chi connectivity index (χ3v) is 6.36. The molecule has 0 amide bonds. The van der Waals surface area contributed by atoms with Gasteiger partial charge in [-0.05, 0) is 17.3 Å². The number of rotatable bonds is 5. The molecule has 3 N–H and O–H groups in total. The molecule has 0 heterocycles. The molecule has 0 bridgehead atoms. The molecule has 0 aromatic heterocycles. The first kappa shape index (κ1) is 14.3. The Bertz CT molecular complexity index is 180. The van der Waals surface area contributed by atoms with Crippen LogP contribution in [0, 0.1) is 0 Å². The van der Waals surface area contributed by atoms with Gasteiger partial charge in [0.25, 0.3) is 0 Å². The van der Waals surface area contributed by atoms with Crippen LogP contribution in [0.3, 0.4) is 0 Å². The van der Waals surface area contributed by atoms with Gasteiger partial charge in [-0.3, -0.25) is 0 Å². The minimum atomic E-state index is -0.962. The lowest BCUT2D eigenvalue weighted by molar-refractivity contribution is 0.156. The number of aliphatic hydroxyl groups is 3. The summed E-state index contributed by atoms with van der Waals surface area (Å²) in [6.07, 6.45) is 2.04. The maximum atomic E-state index is 9.23. The highest BCUT2D eigenvalue weighted by Gasteiger charge is 2.22. The Labute approximate surface area is 118 Å². The minimum absolute atomic E-state index is 0.224. The number of hydrogen-bond acceptors (Lipinski definition) is 3. The van der Waals surface area contributed by atoms with E-state index in [1.54, 1.807) is 0 Å². The Balaban J connectivity index is 4.09. The van der Waals surface area contributed by atoms with Crippen LogP contribution < -0.4 is 0 Å². The Morgan fingerprint density at radius 1 is 1.15 bits per heavy atom. The monoisotopic (exact) mass is 524 g/mol. The van der Waals surface area contributed by atoms with Crippen molar-refractivity contribution in [3.8, 4) is 0 Å². The van der Waals surface area contributed by atoms with Crippen molar-refractivity contribution < 1.29 is 15.3 Å². The molecule has 13 heavy (non-hydrogen) atoms. The molecule has 0 rings (SSSR count). The molecule has 0 aromatic rings. The number of alkyl halides is 3. The van der Waals surface area contributed by atoms with E-state index in [1.807, 2.05) is 22.6 Å². The standard InChI is InChI=1S/C7H11I3O3/c8-3-1-2-4(9)5(10)6(11)7(12)13/h4-5,11-13H,1-3H2. The molecular weight excluding hydrogens is 513 g/mol. The Morgan fingerprint density at radius 2 is 1.69 bits per heavy atom. The van der Waals surface area contributed by atoms with Crippen molar-refractivity contribution in [2.75, 3.05) is 4.43 Å². The number of allylic oxidation sites excluding steroid dienone is 1. The van der Waals surface area contributed by atoms with Crippen LogP contribution in [0.1, 0.15) is 12.8 Å². The summed E-state index contributed by atoms with van der Waals surface area (Å²) in [6.45, 7) is 0. The summed E-state index contributed by atoms with van der Waals surface area (Å²) < 4.78 is 1.07. The summed E-state index contributed by atoms with van der Waals surface area (Å²) in [4.78, 5) is 0. The van der Waals surface area contributed by atoms with Crippen LogP contribution >= 0.6 is 67.8 Å². The molecule has 0 aromatic carbocycles. The summed E-state index contributed by atoms with van der Waals surface area (Å²) >= 11 is 6.52. The maximum absolute atomic E-state index is 9.23. The zero-order valence-electron chi connectivity index (χ0n) is 6.75. The molecular formula is C7H11I3O3. The zero-order chi connectivity index (χ0) is 10.4. The van der Waals surface area contributed by atoms with Crippen molar-refractivity contribution in [1.82, 2.24) is 0 Å². The molecule has 0 fully saturated rings. The Kier molecular flexibility index (Phi) is 8.38. The topological polar surface area (TPSA) is 60.7 Å². The van der Waals surface area contributed by atoms with Crippen LogP contribution in [0.25, 0.3) is 0 Å². The second-order valence-electron chi connectivity index (χ2n) is 2.46. The van der Waals surface area contributed by atoms with Crippen molar-refractivity contribution in [1.29, 1.82) is 0 Å². The molecule has 0 saturated heterocycles. The van der Waals surface area contributed by atoms with Gasteiger partial charge in [-0.1, -0.05) is 67.8 Å². The summed E-state index contributed by atoms with van der Waals surface area (Å²) in [7, 11) is 0. The van der Waals surface area contributed by atoms with Crippen LogP contribution in [0.15, 0.2) is 11.7 Å². The average molecular weight is 524 g/mol. The molecule has 2 unspecified atom stereocenters. The summed E-state index contributed by atoms with van der Waals surface area (Å²) in [5.41, 5.74) is 0. The summed E-state index contributed by atoms with van der Waals surface area (Å²) in [5, 5.41) is 26.5. The molecule has 2 atom stereocenters. The number of hydrogen-bond donors (Lipinski definition) is 3. The molecule has 0 aliphatic carbocycles. The van der Waals surface area contributed by atoms with Crippen LogP contribution in [0.5, 0.6) is 0 Å². The lowest BCUT2D eigenvalue weighted by Crippen LogP contribution is -2.18. The van der Waals surface area contributed by atoms with E-state index in [-0.39, 0.29) is 13.6 Å². The van der Waals surface area contributed by atoms with E-state index in [0.717, 1.165) is 17.3 Å². The first-order chi connectivity index (χ1) is 6.00. The predicted octanol–water partition coefficient (Wildman–Crippen LogP) is 3.65. The Morgan fingerprint density at radius 3 is 2.08 bits per heavy atom. The second kappa shape index (κ2) is 7.60. The van der Waals surface area contributed by atoms with Crippen LogP contribution in [-0.2, 0) is 0 Å². The van der Waals surface area contributed by atoms with E-state index in [2.05, 4.69) is 45.2 Å². The molecule has 78 valence electrons. The number of aliphatic hydroxyl groups excluding tert-OH is 2. The van der Waals surface area contributed by atoms with E-state index in [1.165, 1.54) is 0 Å². The normalized spacial score (nSPS) is 15.0. The fourth-order valence-electron chi connectivity index (χ4n) is 0.713. The fourth-order valence-corrected chi connectivity index (χ4v) is 2.57. The van der Waals surface area contributed by atoms with E-state index in [9.17, 15) is 5.11 Å². The van der Waals surface area contributed by atoms with Crippen LogP contribution in [-0.4, -0.2) is 27.6 Å². The van der Waals surface area contributed by atoms with Gasteiger partial charge < -0.3 is 15.3 Å². The second-order valence-corrected chi connectivity index (χ2v) is 6.48. The van der Waals surface area contributed by atoms with Crippen molar-refractivity contribution in [2.45, 2.75) is 20.7 Å². The molecule has 0 aliphatic heterocycles. The van der Waals surface area contributed by atoms with E-state index >= 15 is 0 Å². The molecule has 0 saturated carbocycles. The predicted molar refractivity (Wildman–Crippen MR) is 78.6 cm³/mol. The number of halogens is 3. The van der Waals surface area contributed by atoms with Crippen molar-refractivity contribution in [3.05, 3.63) is 11.7 Å². The van der Waals surface area contributed by atoms with Crippen molar-refractivity contribution >= 4 is 67.8 Å². The summed E-state index contributed by atoms with van der Waals surface area (Å²) in [6, 6.07) is 0. The quantitative estimate of drug-likeness (QED) is 0.293. The first-order valence-corrected chi connectivity index (χ1v) is 7.67. The molecule has 0 spiro atoms. The zero-order valence-corrected chi connectivity index (χ0v) is 13.2. The van der Waals surface area contributed by atoms with Gasteiger partial charge in [0.05, 0.1) is 3.92 Å². The van der Waals surface area contributed by atoms with E-state index in [4.69, 9.17) is 10.2 Å². The summed E-state index contributed by atoms with van der Waals surface area (Å²) in [5.74, 6) is -1.29. The molecule has 0 aliphatic rings.